The fourth-order valence-corrected chi connectivity index (χ4v) is 1.84. The van der Waals surface area contributed by atoms with E-state index in [0.717, 1.165) is 15.7 Å². The number of halogens is 1. The molecule has 5 heteroatoms. The first-order chi connectivity index (χ1) is 7.18. The van der Waals surface area contributed by atoms with Gasteiger partial charge < -0.3 is 5.73 Å². The summed E-state index contributed by atoms with van der Waals surface area (Å²) in [5, 5.41) is 4.15. The Balaban J connectivity index is 2.61. The first-order valence-corrected chi connectivity index (χ1v) is 5.48. The van der Waals surface area contributed by atoms with Crippen molar-refractivity contribution >= 4 is 33.1 Å². The molecule has 0 radical (unpaired) electrons. The fourth-order valence-electron chi connectivity index (χ4n) is 1.32. The van der Waals surface area contributed by atoms with Crippen LogP contribution in [0.2, 0.25) is 0 Å². The van der Waals surface area contributed by atoms with Crippen LogP contribution in [-0.4, -0.2) is 14.8 Å². The Morgan fingerprint density at radius 1 is 1.47 bits per heavy atom. The van der Waals surface area contributed by atoms with Gasteiger partial charge in [0.25, 0.3) is 0 Å². The maximum atomic E-state index is 5.66. The van der Waals surface area contributed by atoms with Crippen LogP contribution in [0.5, 0.6) is 0 Å². The lowest BCUT2D eigenvalue weighted by atomic mass is 10.2. The summed E-state index contributed by atoms with van der Waals surface area (Å²) in [5.41, 5.74) is 7.35. The molecule has 76 valence electrons. The molecule has 0 spiro atoms. The summed E-state index contributed by atoms with van der Waals surface area (Å²) in [7, 11) is 0. The second-order valence-electron chi connectivity index (χ2n) is 2.98. The van der Waals surface area contributed by atoms with E-state index in [9.17, 15) is 0 Å². The van der Waals surface area contributed by atoms with Gasteiger partial charge in [0.1, 0.15) is 4.99 Å². The summed E-state index contributed by atoms with van der Waals surface area (Å²) < 4.78 is 2.68. The number of thiocarbonyl (C=S) groups is 1. The van der Waals surface area contributed by atoms with Crippen molar-refractivity contribution in [2.75, 3.05) is 0 Å². The van der Waals surface area contributed by atoms with Gasteiger partial charge in [0.2, 0.25) is 0 Å². The lowest BCUT2D eigenvalue weighted by molar-refractivity contribution is 0.878. The molecule has 0 saturated heterocycles. The average molecular weight is 282 g/mol. The smallest absolute Gasteiger partial charge is 0.106 e. The molecule has 0 bridgehead atoms. The Morgan fingerprint density at radius 2 is 2.27 bits per heavy atom. The van der Waals surface area contributed by atoms with E-state index in [0.29, 0.717) is 4.99 Å². The predicted molar refractivity (Wildman–Crippen MR) is 67.2 cm³/mol. The van der Waals surface area contributed by atoms with Gasteiger partial charge in [0.15, 0.2) is 0 Å². The Morgan fingerprint density at radius 3 is 2.87 bits per heavy atom. The maximum Gasteiger partial charge on any atom is 0.106 e. The standard InChI is InChI=1S/C10H8BrN3S/c11-7-2-3-9(8(6-7)10(12)15)14-5-1-4-13-14/h1-6H,(H2,12,15). The molecule has 0 saturated carbocycles. The number of hydrogen-bond acceptors (Lipinski definition) is 2. The van der Waals surface area contributed by atoms with E-state index in [2.05, 4.69) is 21.0 Å². The van der Waals surface area contributed by atoms with E-state index in [1.54, 1.807) is 10.9 Å². The molecule has 0 aliphatic carbocycles. The van der Waals surface area contributed by atoms with E-state index < -0.39 is 0 Å². The van der Waals surface area contributed by atoms with Gasteiger partial charge in [-0.1, -0.05) is 28.1 Å². The van der Waals surface area contributed by atoms with Crippen LogP contribution in [0.1, 0.15) is 5.56 Å². The van der Waals surface area contributed by atoms with E-state index >= 15 is 0 Å². The minimum Gasteiger partial charge on any atom is -0.389 e. The molecular weight excluding hydrogens is 274 g/mol. The zero-order valence-electron chi connectivity index (χ0n) is 7.72. The second kappa shape index (κ2) is 4.12. The average Bonchev–Trinajstić information content (AvgIpc) is 2.70. The highest BCUT2D eigenvalue weighted by molar-refractivity contribution is 9.10. The van der Waals surface area contributed by atoms with Gasteiger partial charge in [-0.2, -0.15) is 5.10 Å². The summed E-state index contributed by atoms with van der Waals surface area (Å²) >= 11 is 8.38. The quantitative estimate of drug-likeness (QED) is 0.859. The summed E-state index contributed by atoms with van der Waals surface area (Å²) in [4.78, 5) is 0.363. The van der Waals surface area contributed by atoms with E-state index in [1.165, 1.54) is 0 Å². The van der Waals surface area contributed by atoms with Gasteiger partial charge in [-0.15, -0.1) is 0 Å². The lowest BCUT2D eigenvalue weighted by Crippen LogP contribution is -2.13. The first-order valence-electron chi connectivity index (χ1n) is 4.28. The van der Waals surface area contributed by atoms with Crippen LogP contribution in [0.15, 0.2) is 41.1 Å². The largest absolute Gasteiger partial charge is 0.389 e. The van der Waals surface area contributed by atoms with Gasteiger partial charge >= 0.3 is 0 Å². The summed E-state index contributed by atoms with van der Waals surface area (Å²) in [6, 6.07) is 7.59. The molecule has 1 aromatic heterocycles. The highest BCUT2D eigenvalue weighted by atomic mass is 79.9. The van der Waals surface area contributed by atoms with Crippen LogP contribution in [-0.2, 0) is 0 Å². The van der Waals surface area contributed by atoms with E-state index in [4.69, 9.17) is 18.0 Å². The molecule has 0 aliphatic rings. The second-order valence-corrected chi connectivity index (χ2v) is 4.33. The summed E-state index contributed by atoms with van der Waals surface area (Å²) in [5.74, 6) is 0. The van der Waals surface area contributed by atoms with Crippen molar-refractivity contribution in [3.63, 3.8) is 0 Å². The van der Waals surface area contributed by atoms with Crippen molar-refractivity contribution in [1.82, 2.24) is 9.78 Å². The monoisotopic (exact) mass is 281 g/mol. The van der Waals surface area contributed by atoms with Crippen molar-refractivity contribution in [1.29, 1.82) is 0 Å². The number of nitrogens with two attached hydrogens (primary N) is 1. The van der Waals surface area contributed by atoms with Gasteiger partial charge in [-0.05, 0) is 24.3 Å². The first kappa shape index (κ1) is 10.3. The number of hydrogen-bond donors (Lipinski definition) is 1. The topological polar surface area (TPSA) is 43.8 Å². The Labute approximate surface area is 101 Å². The van der Waals surface area contributed by atoms with Crippen molar-refractivity contribution in [2.24, 2.45) is 5.73 Å². The molecule has 0 fully saturated rings. The van der Waals surface area contributed by atoms with Crippen LogP contribution in [0, 0.1) is 0 Å². The number of nitrogens with zero attached hydrogens (tertiary/aromatic N) is 2. The summed E-state index contributed by atoms with van der Waals surface area (Å²) in [6.07, 6.45) is 3.57. The molecule has 15 heavy (non-hydrogen) atoms. The van der Waals surface area contributed by atoms with Gasteiger partial charge in [0, 0.05) is 22.4 Å². The zero-order valence-corrected chi connectivity index (χ0v) is 10.1. The van der Waals surface area contributed by atoms with E-state index in [-0.39, 0.29) is 0 Å². The van der Waals surface area contributed by atoms with Crippen LogP contribution in [0.25, 0.3) is 5.69 Å². The molecule has 2 aromatic rings. The van der Waals surface area contributed by atoms with Crippen molar-refractivity contribution in [3.05, 3.63) is 46.7 Å². The van der Waals surface area contributed by atoms with Crippen molar-refractivity contribution < 1.29 is 0 Å². The normalized spacial score (nSPS) is 10.2. The number of benzene rings is 1. The molecule has 0 atom stereocenters. The van der Waals surface area contributed by atoms with E-state index in [1.807, 2.05) is 30.5 Å². The zero-order chi connectivity index (χ0) is 10.8. The third-order valence-electron chi connectivity index (χ3n) is 1.98. The third kappa shape index (κ3) is 2.08. The molecule has 0 aliphatic heterocycles. The van der Waals surface area contributed by atoms with Gasteiger partial charge in [0.05, 0.1) is 5.69 Å². The molecule has 0 unspecified atom stereocenters. The molecular formula is C10H8BrN3S. The Kier molecular flexibility index (Phi) is 2.83. The molecule has 1 aromatic carbocycles. The van der Waals surface area contributed by atoms with Crippen LogP contribution >= 0.6 is 28.1 Å². The Bertz CT molecular complexity index is 493. The summed E-state index contributed by atoms with van der Waals surface area (Å²) in [6.45, 7) is 0. The predicted octanol–water partition coefficient (Wildman–Crippen LogP) is 2.27. The number of aromatic nitrogens is 2. The molecule has 3 nitrogen and oxygen atoms in total. The minimum atomic E-state index is 0.363. The number of rotatable bonds is 2. The molecule has 2 N–H and O–H groups in total. The van der Waals surface area contributed by atoms with Crippen molar-refractivity contribution in [2.45, 2.75) is 0 Å². The van der Waals surface area contributed by atoms with Gasteiger partial charge in [-0.3, -0.25) is 0 Å². The highest BCUT2D eigenvalue weighted by Crippen LogP contribution is 2.19. The van der Waals surface area contributed by atoms with Crippen LogP contribution < -0.4 is 5.73 Å². The van der Waals surface area contributed by atoms with Gasteiger partial charge in [-0.25, -0.2) is 4.68 Å². The molecule has 1 heterocycles. The lowest BCUT2D eigenvalue weighted by Gasteiger charge is -2.08. The van der Waals surface area contributed by atoms with Crippen LogP contribution in [0.4, 0.5) is 0 Å². The highest BCUT2D eigenvalue weighted by Gasteiger charge is 2.07. The molecule has 0 amide bonds. The maximum absolute atomic E-state index is 5.66. The van der Waals surface area contributed by atoms with Crippen molar-refractivity contribution in [3.8, 4) is 5.69 Å². The third-order valence-corrected chi connectivity index (χ3v) is 2.69. The minimum absolute atomic E-state index is 0.363. The fraction of sp³-hybridized carbons (Fsp3) is 0. The Hall–Kier alpha value is -1.20. The van der Waals surface area contributed by atoms with Crippen LogP contribution in [0.3, 0.4) is 0 Å². The SMILES string of the molecule is NC(=S)c1cc(Br)ccc1-n1cccn1. The molecule has 2 rings (SSSR count).